The average Bonchev–Trinajstić information content (AvgIpc) is 3.05. The minimum Gasteiger partial charge on any atom is -1.00 e. The highest BCUT2D eigenvalue weighted by molar-refractivity contribution is 7.96. The number of fused-ring (bicyclic) bond motifs is 5. The quantitative estimate of drug-likeness (QED) is 0.318. The van der Waals surface area contributed by atoms with Crippen LogP contribution in [0.2, 0.25) is 0 Å². The van der Waals surface area contributed by atoms with Gasteiger partial charge in [0.05, 0.1) is 12.4 Å². The minimum atomic E-state index is -0.0399. The molecule has 0 heterocycles. The number of allylic oxidation sites excluding steroid dienone is 2. The molecular weight excluding hydrogens is 499 g/mol. The Morgan fingerprint density at radius 1 is 1.07 bits per heavy atom. The summed E-state index contributed by atoms with van der Waals surface area (Å²) < 4.78 is 0. The van der Waals surface area contributed by atoms with Gasteiger partial charge in [0.25, 0.3) is 0 Å². The van der Waals surface area contributed by atoms with Gasteiger partial charge in [0, 0.05) is 5.92 Å². The fraction of sp³-hybridized carbons (Fsp3) is 0.926. The summed E-state index contributed by atoms with van der Waals surface area (Å²) in [7, 11) is 0.567. The first kappa shape index (κ1) is 25.4. The molecule has 0 aromatic carbocycles. The highest BCUT2D eigenvalue weighted by Gasteiger charge is 2.58. The van der Waals surface area contributed by atoms with Gasteiger partial charge in [-0.1, -0.05) is 39.3 Å². The van der Waals surface area contributed by atoms with E-state index >= 15 is 0 Å². The number of aliphatic hydroxyl groups excluding tert-OH is 1. The molecule has 3 fully saturated rings. The van der Waals surface area contributed by atoms with Crippen LogP contribution in [0.5, 0.6) is 0 Å². The molecule has 4 aliphatic carbocycles. The van der Waals surface area contributed by atoms with E-state index < -0.39 is 0 Å². The maximum absolute atomic E-state index is 10.3. The minimum absolute atomic E-state index is 0. The predicted molar refractivity (Wildman–Crippen MR) is 128 cm³/mol. The molecule has 0 radical (unpaired) electrons. The van der Waals surface area contributed by atoms with Crippen LogP contribution in [-0.2, 0) is 10.9 Å². The van der Waals surface area contributed by atoms with Crippen molar-refractivity contribution in [3.63, 3.8) is 0 Å². The maximum atomic E-state index is 10.3. The van der Waals surface area contributed by atoms with Gasteiger partial charge in [-0.2, -0.15) is 0 Å². The van der Waals surface area contributed by atoms with E-state index in [-0.39, 0.29) is 30.1 Å². The summed E-state index contributed by atoms with van der Waals surface area (Å²) >= 11 is 0. The molecule has 30 heavy (non-hydrogen) atoms. The Morgan fingerprint density at radius 2 is 1.73 bits per heavy atom. The number of halogens is 1. The summed E-state index contributed by atoms with van der Waals surface area (Å²) in [6.07, 6.45) is 16.8. The SMILES string of the molecule is CCC(C)[S+](C)C[C@@H](C)[C@H]1CC[C@H]2C3=CC[C@H]4C[C@@H](O)CC[C@]4(C)[C@H]3CC[C@]12C.[I-]. The third-order valence-corrected chi connectivity index (χ3v) is 13.4. The Bertz CT molecular complexity index is 634. The van der Waals surface area contributed by atoms with Crippen molar-refractivity contribution in [2.75, 3.05) is 12.0 Å². The van der Waals surface area contributed by atoms with Crippen LogP contribution >= 0.6 is 0 Å². The summed E-state index contributed by atoms with van der Waals surface area (Å²) in [4.78, 5) is 0. The van der Waals surface area contributed by atoms with Crippen molar-refractivity contribution >= 4 is 10.9 Å². The predicted octanol–water partition coefficient (Wildman–Crippen LogP) is 3.61. The molecule has 0 amide bonds. The molecule has 0 spiro atoms. The number of rotatable bonds is 5. The fourth-order valence-electron chi connectivity index (χ4n) is 8.44. The normalized spacial score (nSPS) is 45.8. The highest BCUT2D eigenvalue weighted by Crippen LogP contribution is 2.66. The first-order chi connectivity index (χ1) is 13.7. The molecule has 4 aliphatic rings. The van der Waals surface area contributed by atoms with Crippen molar-refractivity contribution in [2.24, 2.45) is 40.4 Å². The van der Waals surface area contributed by atoms with Gasteiger partial charge in [0.1, 0.15) is 11.0 Å². The third-order valence-electron chi connectivity index (χ3n) is 10.6. The molecule has 10 atom stereocenters. The van der Waals surface area contributed by atoms with Gasteiger partial charge in [-0.15, -0.1) is 0 Å². The monoisotopic (exact) mass is 546 g/mol. The Morgan fingerprint density at radius 3 is 2.43 bits per heavy atom. The van der Waals surface area contributed by atoms with Crippen LogP contribution in [0.3, 0.4) is 0 Å². The zero-order valence-electron chi connectivity index (χ0n) is 20.4. The summed E-state index contributed by atoms with van der Waals surface area (Å²) in [5.41, 5.74) is 2.88. The lowest BCUT2D eigenvalue weighted by molar-refractivity contribution is -0.0419. The van der Waals surface area contributed by atoms with E-state index in [0.717, 1.165) is 47.7 Å². The summed E-state index contributed by atoms with van der Waals surface area (Å²) in [6, 6.07) is 0. The standard InChI is InChI=1S/C27H47OS.HI/c1-7-19(3)29(6)17-18(2)23-10-11-24-22-9-8-20-16-21(28)12-14-26(20,4)25(22)13-15-27(23,24)5;/h9,18-21,23-25,28H,7-8,10-17H2,1-6H3;1H/q+1;/p-1/t18-,19?,20+,21+,23-,24+,25+,26+,27-,29?;/m1./s1. The van der Waals surface area contributed by atoms with E-state index in [9.17, 15) is 5.11 Å². The molecule has 0 aliphatic heterocycles. The average molecular weight is 547 g/mol. The summed E-state index contributed by atoms with van der Waals surface area (Å²) in [5.74, 6) is 5.62. The Hall–Kier alpha value is 0.780. The highest BCUT2D eigenvalue weighted by atomic mass is 127. The molecule has 3 heteroatoms. The van der Waals surface area contributed by atoms with Gasteiger partial charge in [0.15, 0.2) is 0 Å². The molecule has 0 aromatic rings. The topological polar surface area (TPSA) is 20.2 Å². The van der Waals surface area contributed by atoms with Crippen LogP contribution in [0.15, 0.2) is 11.6 Å². The van der Waals surface area contributed by atoms with E-state index in [1.54, 1.807) is 0 Å². The van der Waals surface area contributed by atoms with E-state index in [1.165, 1.54) is 50.7 Å². The summed E-state index contributed by atoms with van der Waals surface area (Å²) in [6.45, 7) is 12.7. The van der Waals surface area contributed by atoms with Crippen LogP contribution in [-0.4, -0.2) is 28.5 Å². The third kappa shape index (κ3) is 4.19. The van der Waals surface area contributed by atoms with Crippen LogP contribution in [0, 0.1) is 40.4 Å². The molecule has 1 N–H and O–H groups in total. The molecule has 1 nitrogen and oxygen atoms in total. The van der Waals surface area contributed by atoms with Gasteiger partial charge in [-0.25, -0.2) is 0 Å². The molecule has 4 rings (SSSR count). The van der Waals surface area contributed by atoms with Gasteiger partial charge < -0.3 is 29.1 Å². The molecule has 174 valence electrons. The zero-order chi connectivity index (χ0) is 21.0. The second-order valence-electron chi connectivity index (χ2n) is 12.0. The molecule has 0 saturated heterocycles. The van der Waals surface area contributed by atoms with Crippen LogP contribution in [0.1, 0.15) is 92.4 Å². The maximum Gasteiger partial charge on any atom is 0.114 e. The Balaban J connectivity index is 0.00000256. The fourth-order valence-corrected chi connectivity index (χ4v) is 10.4. The second kappa shape index (κ2) is 9.57. The second-order valence-corrected chi connectivity index (χ2v) is 14.5. The lowest BCUT2D eigenvalue weighted by atomic mass is 9.47. The zero-order valence-corrected chi connectivity index (χ0v) is 23.4. The van der Waals surface area contributed by atoms with Gasteiger partial charge in [-0.3, -0.25) is 0 Å². The molecular formula is C27H47IOS. The number of aliphatic hydroxyl groups is 1. The number of hydrogen-bond acceptors (Lipinski definition) is 1. The first-order valence-electron chi connectivity index (χ1n) is 12.7. The molecule has 0 bridgehead atoms. The van der Waals surface area contributed by atoms with Crippen molar-refractivity contribution in [1.82, 2.24) is 0 Å². The van der Waals surface area contributed by atoms with Gasteiger partial charge in [-0.05, 0) is 110 Å². The number of hydrogen-bond donors (Lipinski definition) is 1. The van der Waals surface area contributed by atoms with Crippen molar-refractivity contribution in [2.45, 2.75) is 104 Å². The van der Waals surface area contributed by atoms with E-state index in [4.69, 9.17) is 0 Å². The van der Waals surface area contributed by atoms with Crippen molar-refractivity contribution < 1.29 is 29.1 Å². The van der Waals surface area contributed by atoms with Crippen molar-refractivity contribution in [3.8, 4) is 0 Å². The first-order valence-corrected chi connectivity index (χ1v) is 14.6. The van der Waals surface area contributed by atoms with Gasteiger partial charge in [0.2, 0.25) is 0 Å². The van der Waals surface area contributed by atoms with E-state index in [1.807, 2.05) is 5.57 Å². The van der Waals surface area contributed by atoms with E-state index in [0.29, 0.717) is 21.7 Å². The lowest BCUT2D eigenvalue weighted by Crippen LogP contribution is -3.00. The van der Waals surface area contributed by atoms with Crippen LogP contribution < -0.4 is 24.0 Å². The van der Waals surface area contributed by atoms with Crippen molar-refractivity contribution in [1.29, 1.82) is 0 Å². The van der Waals surface area contributed by atoms with Gasteiger partial charge >= 0.3 is 0 Å². The molecule has 3 saturated carbocycles. The van der Waals surface area contributed by atoms with Crippen LogP contribution in [0.25, 0.3) is 0 Å². The Labute approximate surface area is 207 Å². The van der Waals surface area contributed by atoms with E-state index in [2.05, 4.69) is 47.0 Å². The smallest absolute Gasteiger partial charge is 0.114 e. The summed E-state index contributed by atoms with van der Waals surface area (Å²) in [5, 5.41) is 11.1. The largest absolute Gasteiger partial charge is 1.00 e. The van der Waals surface area contributed by atoms with Crippen molar-refractivity contribution in [3.05, 3.63) is 11.6 Å². The molecule has 0 aromatic heterocycles. The lowest BCUT2D eigenvalue weighted by Gasteiger charge is -2.57. The molecule has 2 unspecified atom stereocenters. The Kier molecular flexibility index (Phi) is 8.10. The van der Waals surface area contributed by atoms with Crippen LogP contribution in [0.4, 0.5) is 0 Å².